The van der Waals surface area contributed by atoms with E-state index in [1.165, 1.54) is 12.3 Å². The molecule has 0 aliphatic heterocycles. The van der Waals surface area contributed by atoms with Gasteiger partial charge in [-0.2, -0.15) is 5.26 Å². The van der Waals surface area contributed by atoms with Crippen LogP contribution in [0.5, 0.6) is 17.2 Å². The van der Waals surface area contributed by atoms with Gasteiger partial charge in [-0.15, -0.1) is 0 Å². The van der Waals surface area contributed by atoms with Gasteiger partial charge in [-0.3, -0.25) is 9.78 Å². The van der Waals surface area contributed by atoms with Crippen LogP contribution in [0.2, 0.25) is 5.02 Å². The Morgan fingerprint density at radius 1 is 1.13 bits per heavy atom. The molecule has 3 aromatic carbocycles. The smallest absolute Gasteiger partial charge is 0.248 e. The van der Waals surface area contributed by atoms with E-state index in [1.54, 1.807) is 30.3 Å². The standard InChI is InChI=1S/C30H28ClN5O3/c1-4-38-28-17-25-23(16-26(28)35-29(37)11-8-14-36(2)3)30(20(18-32)19-33-25)34-21-12-13-27(24(31)15-21)39-22-9-6-5-7-10-22/h5-13,15-17,19H,4,14H2,1-3H3,(H,33,34)(H,35,37)/b11-8+. The molecular formula is C30H28ClN5O3. The summed E-state index contributed by atoms with van der Waals surface area (Å²) in [7, 11) is 3.84. The summed E-state index contributed by atoms with van der Waals surface area (Å²) in [5.74, 6) is 1.36. The van der Waals surface area contributed by atoms with Gasteiger partial charge in [-0.1, -0.05) is 35.9 Å². The van der Waals surface area contributed by atoms with Crippen molar-refractivity contribution in [1.82, 2.24) is 9.88 Å². The maximum atomic E-state index is 12.6. The molecule has 0 aliphatic carbocycles. The Kier molecular flexibility index (Phi) is 9.00. The summed E-state index contributed by atoms with van der Waals surface area (Å²) in [6.45, 7) is 2.90. The van der Waals surface area contributed by atoms with Gasteiger partial charge in [-0.25, -0.2) is 0 Å². The first-order valence-corrected chi connectivity index (χ1v) is 12.7. The summed E-state index contributed by atoms with van der Waals surface area (Å²) >= 11 is 6.52. The van der Waals surface area contributed by atoms with Crippen LogP contribution in [0.1, 0.15) is 12.5 Å². The first kappa shape index (κ1) is 27.5. The third-order valence-electron chi connectivity index (χ3n) is 5.56. The molecule has 1 aromatic heterocycles. The molecule has 0 radical (unpaired) electrons. The molecule has 9 heteroatoms. The Morgan fingerprint density at radius 2 is 1.92 bits per heavy atom. The van der Waals surface area contributed by atoms with E-state index in [9.17, 15) is 10.1 Å². The maximum Gasteiger partial charge on any atom is 0.248 e. The molecule has 0 spiro atoms. The number of nitriles is 1. The number of carbonyl (C=O) groups excluding carboxylic acids is 1. The molecule has 0 bridgehead atoms. The van der Waals surface area contributed by atoms with Gasteiger partial charge in [0.2, 0.25) is 5.91 Å². The number of benzene rings is 3. The number of fused-ring (bicyclic) bond motifs is 1. The molecule has 2 N–H and O–H groups in total. The Labute approximate surface area is 232 Å². The lowest BCUT2D eigenvalue weighted by Crippen LogP contribution is -2.13. The second-order valence-electron chi connectivity index (χ2n) is 8.80. The van der Waals surface area contributed by atoms with Crippen molar-refractivity contribution in [2.45, 2.75) is 6.92 Å². The number of hydrogen-bond acceptors (Lipinski definition) is 7. The number of aromatic nitrogens is 1. The van der Waals surface area contributed by atoms with E-state index in [1.807, 2.05) is 62.3 Å². The van der Waals surface area contributed by atoms with Crippen molar-refractivity contribution >= 4 is 45.5 Å². The highest BCUT2D eigenvalue weighted by atomic mass is 35.5. The van der Waals surface area contributed by atoms with Crippen molar-refractivity contribution in [3.8, 4) is 23.3 Å². The first-order chi connectivity index (χ1) is 18.9. The Morgan fingerprint density at radius 3 is 2.62 bits per heavy atom. The molecular weight excluding hydrogens is 514 g/mol. The fraction of sp³-hybridized carbons (Fsp3) is 0.167. The highest BCUT2D eigenvalue weighted by molar-refractivity contribution is 6.32. The normalized spacial score (nSPS) is 11.0. The number of nitrogens with one attached hydrogen (secondary N) is 2. The van der Waals surface area contributed by atoms with Crippen molar-refractivity contribution < 1.29 is 14.3 Å². The maximum absolute atomic E-state index is 12.6. The van der Waals surface area contributed by atoms with Crippen molar-refractivity contribution in [2.24, 2.45) is 0 Å². The second kappa shape index (κ2) is 12.8. The Hall–Kier alpha value is -4.58. The number of pyridine rings is 1. The summed E-state index contributed by atoms with van der Waals surface area (Å²) in [6, 6.07) is 20.3. The minimum absolute atomic E-state index is 0.295. The van der Waals surface area contributed by atoms with Gasteiger partial charge in [0, 0.05) is 36.0 Å². The van der Waals surface area contributed by atoms with Crippen LogP contribution in [0.4, 0.5) is 17.1 Å². The van der Waals surface area contributed by atoms with Crippen LogP contribution < -0.4 is 20.1 Å². The third-order valence-corrected chi connectivity index (χ3v) is 5.85. The largest absolute Gasteiger partial charge is 0.492 e. The number of rotatable bonds is 10. The minimum Gasteiger partial charge on any atom is -0.492 e. The zero-order valence-corrected chi connectivity index (χ0v) is 22.6. The molecule has 198 valence electrons. The molecule has 0 unspecified atom stereocenters. The highest BCUT2D eigenvalue weighted by Crippen LogP contribution is 2.38. The van der Waals surface area contributed by atoms with Crippen molar-refractivity contribution in [3.05, 3.63) is 89.6 Å². The third kappa shape index (κ3) is 7.05. The van der Waals surface area contributed by atoms with Gasteiger partial charge in [-0.05, 0) is 57.4 Å². The summed E-state index contributed by atoms with van der Waals surface area (Å²) in [4.78, 5) is 19.0. The molecule has 4 aromatic rings. The minimum atomic E-state index is -0.295. The van der Waals surface area contributed by atoms with Gasteiger partial charge >= 0.3 is 0 Å². The molecule has 0 aliphatic rings. The number of halogens is 1. The summed E-state index contributed by atoms with van der Waals surface area (Å²) in [5, 5.41) is 17.0. The molecule has 4 rings (SSSR count). The van der Waals surface area contributed by atoms with Gasteiger partial charge in [0.1, 0.15) is 23.3 Å². The molecule has 1 amide bonds. The van der Waals surface area contributed by atoms with Crippen LogP contribution >= 0.6 is 11.6 Å². The van der Waals surface area contributed by atoms with Crippen molar-refractivity contribution in [1.29, 1.82) is 5.26 Å². The lowest BCUT2D eigenvalue weighted by molar-refractivity contribution is -0.111. The number of likely N-dealkylation sites (N-methyl/N-ethyl adjacent to an activating group) is 1. The molecule has 0 fully saturated rings. The van der Waals surface area contributed by atoms with Crippen molar-refractivity contribution in [3.63, 3.8) is 0 Å². The van der Waals surface area contributed by atoms with E-state index < -0.39 is 0 Å². The number of amides is 1. The van der Waals surface area contributed by atoms with E-state index in [0.717, 1.165) is 0 Å². The van der Waals surface area contributed by atoms with E-state index in [4.69, 9.17) is 21.1 Å². The van der Waals surface area contributed by atoms with Crippen LogP contribution in [0.3, 0.4) is 0 Å². The summed E-state index contributed by atoms with van der Waals surface area (Å²) in [6.07, 6.45) is 4.75. The van der Waals surface area contributed by atoms with Crippen LogP contribution in [0, 0.1) is 11.3 Å². The molecule has 0 saturated carbocycles. The Bertz CT molecular complexity index is 1550. The second-order valence-corrected chi connectivity index (χ2v) is 9.20. The zero-order chi connectivity index (χ0) is 27.8. The highest BCUT2D eigenvalue weighted by Gasteiger charge is 2.16. The SMILES string of the molecule is CCOc1cc2ncc(C#N)c(Nc3ccc(Oc4ccccc4)c(Cl)c3)c2cc1NC(=O)/C=C/CN(C)C. The van der Waals surface area contributed by atoms with Gasteiger partial charge in [0.25, 0.3) is 0 Å². The van der Waals surface area contributed by atoms with E-state index in [2.05, 4.69) is 21.7 Å². The molecule has 0 saturated heterocycles. The van der Waals surface area contributed by atoms with E-state index >= 15 is 0 Å². The topological polar surface area (TPSA) is 99.5 Å². The van der Waals surface area contributed by atoms with E-state index in [0.29, 0.717) is 69.0 Å². The fourth-order valence-corrected chi connectivity index (χ4v) is 4.00. The number of para-hydroxylation sites is 1. The average Bonchev–Trinajstić information content (AvgIpc) is 2.91. The van der Waals surface area contributed by atoms with Gasteiger partial charge < -0.3 is 25.0 Å². The van der Waals surface area contributed by atoms with Gasteiger partial charge in [0.15, 0.2) is 0 Å². The van der Waals surface area contributed by atoms with Crippen LogP contribution in [0.15, 0.2) is 79.0 Å². The lowest BCUT2D eigenvalue weighted by atomic mass is 10.1. The quantitative estimate of drug-likeness (QED) is 0.214. The van der Waals surface area contributed by atoms with Crippen LogP contribution in [-0.2, 0) is 4.79 Å². The molecule has 8 nitrogen and oxygen atoms in total. The van der Waals surface area contributed by atoms with Gasteiger partial charge in [0.05, 0.1) is 34.1 Å². The fourth-order valence-electron chi connectivity index (χ4n) is 3.78. The summed E-state index contributed by atoms with van der Waals surface area (Å²) in [5.41, 5.74) is 2.56. The molecule has 1 heterocycles. The summed E-state index contributed by atoms with van der Waals surface area (Å²) < 4.78 is 11.7. The predicted octanol–water partition coefficient (Wildman–Crippen LogP) is 6.75. The average molecular weight is 542 g/mol. The number of hydrogen-bond donors (Lipinski definition) is 2. The zero-order valence-electron chi connectivity index (χ0n) is 21.9. The Balaban J connectivity index is 1.69. The van der Waals surface area contributed by atoms with Crippen LogP contribution in [0.25, 0.3) is 10.9 Å². The van der Waals surface area contributed by atoms with Crippen molar-refractivity contribution in [2.75, 3.05) is 37.9 Å². The lowest BCUT2D eigenvalue weighted by Gasteiger charge is -2.16. The van der Waals surface area contributed by atoms with Crippen LogP contribution in [-0.4, -0.2) is 43.0 Å². The number of anilines is 3. The number of ether oxygens (including phenoxy) is 2. The first-order valence-electron chi connectivity index (χ1n) is 12.3. The number of carbonyl (C=O) groups is 1. The molecule has 0 atom stereocenters. The predicted molar refractivity (Wildman–Crippen MR) is 155 cm³/mol. The van der Waals surface area contributed by atoms with E-state index in [-0.39, 0.29) is 5.91 Å². The number of nitrogens with zero attached hydrogens (tertiary/aromatic N) is 3. The monoisotopic (exact) mass is 541 g/mol. The molecule has 39 heavy (non-hydrogen) atoms.